The number of ether oxygens (including phenoxy) is 2. The number of benzene rings is 2. The molecule has 0 atom stereocenters. The van der Waals surface area contributed by atoms with Crippen molar-refractivity contribution in [3.8, 4) is 34.0 Å². The zero-order chi connectivity index (χ0) is 25.2. The first-order chi connectivity index (χ1) is 16.7. The van der Waals surface area contributed by atoms with Gasteiger partial charge in [0.05, 0.1) is 20.1 Å². The summed E-state index contributed by atoms with van der Waals surface area (Å²) in [6, 6.07) is 6.81. The lowest BCUT2D eigenvalue weighted by molar-refractivity contribution is -0.183. The first-order valence-corrected chi connectivity index (χ1v) is 10.6. The normalized spacial score (nSPS) is 14.6. The molecule has 1 aromatic heterocycles. The van der Waals surface area contributed by atoms with Crippen LogP contribution in [-0.2, 0) is 0 Å². The lowest BCUT2D eigenvalue weighted by Gasteiger charge is -2.32. The molecule has 0 spiro atoms. The predicted molar refractivity (Wildman–Crippen MR) is 117 cm³/mol. The summed E-state index contributed by atoms with van der Waals surface area (Å²) in [6.07, 6.45) is -4.65. The van der Waals surface area contributed by atoms with E-state index < -0.39 is 23.9 Å². The molecule has 2 amide bonds. The zero-order valence-corrected chi connectivity index (χ0v) is 18.8. The Balaban J connectivity index is 1.63. The van der Waals surface area contributed by atoms with Gasteiger partial charge in [-0.15, -0.1) is 10.2 Å². The number of aromatic amines is 1. The number of alkyl halides is 3. The summed E-state index contributed by atoms with van der Waals surface area (Å²) in [5.41, 5.74) is 0.898. The highest BCUT2D eigenvalue weighted by Crippen LogP contribution is 2.39. The van der Waals surface area contributed by atoms with E-state index in [9.17, 15) is 18.0 Å². The van der Waals surface area contributed by atoms with Crippen molar-refractivity contribution < 1.29 is 31.8 Å². The number of carbonyl (C=O) groups is 1. The third-order valence-corrected chi connectivity index (χ3v) is 5.85. The number of nitrogens with one attached hydrogen (secondary N) is 2. The minimum Gasteiger partial charge on any atom is -0.493 e. The first-order valence-electron chi connectivity index (χ1n) is 10.6. The standard InChI is InChI=1S/C22H22F4N6O3/c1-34-17-4-3-12(9-18(17)35-2)19-15(20-28-30-31-29-20)10-14(11-16(19)23)27-21(33)32-7-5-13(6-8-32)22(24,25)26/h3-4,9-11,13H,5-8H2,1-2H3,(H,27,33)(H,28,29,30,31). The minimum atomic E-state index is -4.29. The van der Waals surface area contributed by atoms with Crippen molar-refractivity contribution in [1.29, 1.82) is 0 Å². The molecule has 9 nitrogen and oxygen atoms in total. The minimum absolute atomic E-state index is 0.0556. The number of nitrogens with zero attached hydrogens (tertiary/aromatic N) is 4. The van der Waals surface area contributed by atoms with Crippen molar-refractivity contribution in [2.45, 2.75) is 19.0 Å². The Morgan fingerprint density at radius 2 is 1.83 bits per heavy atom. The molecule has 2 N–H and O–H groups in total. The topological polar surface area (TPSA) is 105 Å². The van der Waals surface area contributed by atoms with Gasteiger partial charge in [0.15, 0.2) is 11.5 Å². The van der Waals surface area contributed by atoms with E-state index >= 15 is 4.39 Å². The van der Waals surface area contributed by atoms with E-state index in [1.807, 2.05) is 0 Å². The number of aromatic nitrogens is 4. The highest BCUT2D eigenvalue weighted by molar-refractivity contribution is 5.92. The van der Waals surface area contributed by atoms with Gasteiger partial charge in [-0.3, -0.25) is 0 Å². The van der Waals surface area contributed by atoms with Gasteiger partial charge in [-0.1, -0.05) is 6.07 Å². The third kappa shape index (κ3) is 5.12. The van der Waals surface area contributed by atoms with Gasteiger partial charge in [0.1, 0.15) is 5.82 Å². The Hall–Kier alpha value is -3.90. The van der Waals surface area contributed by atoms with Crippen molar-refractivity contribution in [1.82, 2.24) is 25.5 Å². The summed E-state index contributed by atoms with van der Waals surface area (Å²) in [5, 5.41) is 16.3. The van der Waals surface area contributed by atoms with Crippen LogP contribution in [0.2, 0.25) is 0 Å². The van der Waals surface area contributed by atoms with Gasteiger partial charge >= 0.3 is 12.2 Å². The first kappa shape index (κ1) is 24.2. The molecule has 0 saturated carbocycles. The van der Waals surface area contributed by atoms with Crippen LogP contribution in [0.4, 0.5) is 28.0 Å². The number of rotatable bonds is 5. The SMILES string of the molecule is COc1ccc(-c2c(F)cc(NC(=O)N3CCC(C(F)(F)F)CC3)cc2-c2nn[nH]n2)cc1OC. The van der Waals surface area contributed by atoms with Crippen LogP contribution in [0.3, 0.4) is 0 Å². The van der Waals surface area contributed by atoms with Crippen LogP contribution in [0.25, 0.3) is 22.5 Å². The van der Waals surface area contributed by atoms with E-state index in [4.69, 9.17) is 9.47 Å². The van der Waals surface area contributed by atoms with E-state index in [2.05, 4.69) is 25.9 Å². The maximum Gasteiger partial charge on any atom is 0.391 e. The van der Waals surface area contributed by atoms with Crippen LogP contribution < -0.4 is 14.8 Å². The molecular weight excluding hydrogens is 472 g/mol. The summed E-state index contributed by atoms with van der Waals surface area (Å²) in [7, 11) is 2.93. The molecule has 0 radical (unpaired) electrons. The van der Waals surface area contributed by atoms with Crippen LogP contribution in [0, 0.1) is 11.7 Å². The number of likely N-dealkylation sites (tertiary alicyclic amines) is 1. The molecule has 1 aliphatic rings. The summed E-state index contributed by atoms with van der Waals surface area (Å²) in [5.74, 6) is -1.21. The van der Waals surface area contributed by atoms with Crippen molar-refractivity contribution in [2.24, 2.45) is 5.92 Å². The van der Waals surface area contributed by atoms with Gasteiger partial charge in [0, 0.05) is 29.9 Å². The number of halogens is 4. The molecule has 1 aliphatic heterocycles. The number of methoxy groups -OCH3 is 2. The fourth-order valence-electron chi connectivity index (χ4n) is 4.03. The number of tetrazole rings is 1. The van der Waals surface area contributed by atoms with Crippen LogP contribution in [-0.4, -0.2) is 65.0 Å². The Labute approximate surface area is 197 Å². The number of piperidine rings is 1. The molecule has 35 heavy (non-hydrogen) atoms. The van der Waals surface area contributed by atoms with Gasteiger partial charge < -0.3 is 19.7 Å². The Morgan fingerprint density at radius 1 is 1.11 bits per heavy atom. The second-order valence-electron chi connectivity index (χ2n) is 7.92. The van der Waals surface area contributed by atoms with Gasteiger partial charge in [-0.05, 0) is 47.9 Å². The van der Waals surface area contributed by atoms with Crippen LogP contribution in [0.5, 0.6) is 11.5 Å². The molecular formula is C22H22F4N6O3. The number of amides is 2. The summed E-state index contributed by atoms with van der Waals surface area (Å²) < 4.78 is 64.7. The molecule has 2 aromatic carbocycles. The Kier molecular flexibility index (Phi) is 6.76. The second kappa shape index (κ2) is 9.76. The molecule has 2 heterocycles. The zero-order valence-electron chi connectivity index (χ0n) is 18.8. The quantitative estimate of drug-likeness (QED) is 0.507. The molecule has 4 rings (SSSR count). The van der Waals surface area contributed by atoms with Crippen molar-refractivity contribution in [3.63, 3.8) is 0 Å². The molecule has 3 aromatic rings. The fourth-order valence-corrected chi connectivity index (χ4v) is 4.03. The van der Waals surface area contributed by atoms with Gasteiger partial charge in [0.2, 0.25) is 5.82 Å². The largest absolute Gasteiger partial charge is 0.493 e. The van der Waals surface area contributed by atoms with Gasteiger partial charge in [0.25, 0.3) is 0 Å². The summed E-state index contributed by atoms with van der Waals surface area (Å²) >= 11 is 0. The van der Waals surface area contributed by atoms with Crippen LogP contribution in [0.15, 0.2) is 30.3 Å². The highest BCUT2D eigenvalue weighted by Gasteiger charge is 2.41. The number of carbonyl (C=O) groups excluding carboxylic acids is 1. The molecule has 0 bridgehead atoms. The van der Waals surface area contributed by atoms with Crippen LogP contribution in [0.1, 0.15) is 12.8 Å². The lowest BCUT2D eigenvalue weighted by atomic mass is 9.96. The average molecular weight is 494 g/mol. The molecule has 1 saturated heterocycles. The molecule has 1 fully saturated rings. The molecule has 0 aliphatic carbocycles. The van der Waals surface area contributed by atoms with E-state index in [0.29, 0.717) is 17.1 Å². The smallest absolute Gasteiger partial charge is 0.391 e. The number of urea groups is 1. The van der Waals surface area contributed by atoms with Gasteiger partial charge in [-0.2, -0.15) is 18.4 Å². The monoisotopic (exact) mass is 494 g/mol. The van der Waals surface area contributed by atoms with E-state index in [-0.39, 0.29) is 48.6 Å². The maximum atomic E-state index is 15.4. The number of anilines is 1. The maximum absolute atomic E-state index is 15.4. The van der Waals surface area contributed by atoms with Crippen molar-refractivity contribution >= 4 is 11.7 Å². The van der Waals surface area contributed by atoms with E-state index in [0.717, 1.165) is 6.07 Å². The molecule has 0 unspecified atom stereocenters. The second-order valence-corrected chi connectivity index (χ2v) is 7.92. The average Bonchev–Trinajstić information content (AvgIpc) is 3.38. The number of hydrogen-bond acceptors (Lipinski definition) is 6. The Bertz CT molecular complexity index is 1190. The molecule has 186 valence electrons. The number of hydrogen-bond donors (Lipinski definition) is 2. The van der Waals surface area contributed by atoms with Gasteiger partial charge in [-0.25, -0.2) is 9.18 Å². The fraction of sp³-hybridized carbons (Fsp3) is 0.364. The van der Waals surface area contributed by atoms with Crippen LogP contribution >= 0.6 is 0 Å². The number of H-pyrrole nitrogens is 1. The van der Waals surface area contributed by atoms with Crippen molar-refractivity contribution in [2.75, 3.05) is 32.6 Å². The third-order valence-electron chi connectivity index (χ3n) is 5.85. The lowest BCUT2D eigenvalue weighted by Crippen LogP contribution is -2.43. The highest BCUT2D eigenvalue weighted by atomic mass is 19.4. The molecule has 13 heteroatoms. The summed E-state index contributed by atoms with van der Waals surface area (Å²) in [6.45, 7) is -0.111. The predicted octanol–water partition coefficient (Wildman–Crippen LogP) is 4.50. The van der Waals surface area contributed by atoms with Crippen molar-refractivity contribution in [3.05, 3.63) is 36.1 Å². The van der Waals surface area contributed by atoms with E-state index in [1.165, 1.54) is 25.2 Å². The van der Waals surface area contributed by atoms with E-state index in [1.54, 1.807) is 18.2 Å². The summed E-state index contributed by atoms with van der Waals surface area (Å²) in [4.78, 5) is 13.9. The Morgan fingerprint density at radius 3 is 2.43 bits per heavy atom.